The minimum absolute atomic E-state index is 0.0324. The predicted molar refractivity (Wildman–Crippen MR) is 109 cm³/mol. The minimum Gasteiger partial charge on any atom is -0.352 e. The van der Waals surface area contributed by atoms with E-state index in [0.717, 1.165) is 27.2 Å². The third kappa shape index (κ3) is 4.64. The van der Waals surface area contributed by atoms with Crippen molar-refractivity contribution in [2.75, 3.05) is 6.54 Å². The molecular formula is C22H24N2OS. The summed E-state index contributed by atoms with van der Waals surface area (Å²) in [6, 6.07) is 18.1. The zero-order valence-electron chi connectivity index (χ0n) is 15.5. The number of nitrogens with zero attached hydrogens (tertiary/aromatic N) is 1. The number of fused-ring (bicyclic) bond motifs is 1. The van der Waals surface area contributed by atoms with Gasteiger partial charge in [0, 0.05) is 16.8 Å². The molecule has 1 N–H and O–H groups in total. The summed E-state index contributed by atoms with van der Waals surface area (Å²) in [5.74, 6) is 0.534. The maximum atomic E-state index is 12.7. The van der Waals surface area contributed by atoms with Crippen LogP contribution in [0.5, 0.6) is 0 Å². The SMILES string of the molecule is Cc1ccc(Sc2cc(C(=O)NCCC(C)C)c3ccccc3n2)cc1. The second kappa shape index (κ2) is 8.37. The molecule has 0 fully saturated rings. The lowest BCUT2D eigenvalue weighted by molar-refractivity contribution is 0.0953. The van der Waals surface area contributed by atoms with E-state index in [4.69, 9.17) is 4.98 Å². The van der Waals surface area contributed by atoms with E-state index in [9.17, 15) is 4.79 Å². The summed E-state index contributed by atoms with van der Waals surface area (Å²) in [6.45, 7) is 7.07. The van der Waals surface area contributed by atoms with E-state index in [1.54, 1.807) is 11.8 Å². The first-order valence-electron chi connectivity index (χ1n) is 8.95. The Kier molecular flexibility index (Phi) is 5.94. The Labute approximate surface area is 159 Å². The average Bonchev–Trinajstić information content (AvgIpc) is 2.62. The average molecular weight is 365 g/mol. The monoisotopic (exact) mass is 364 g/mol. The quantitative estimate of drug-likeness (QED) is 0.630. The molecule has 1 heterocycles. The molecule has 0 saturated carbocycles. The molecule has 0 atom stereocenters. The molecule has 1 aromatic heterocycles. The molecule has 1 amide bonds. The van der Waals surface area contributed by atoms with Crippen molar-refractivity contribution in [3.63, 3.8) is 0 Å². The molecule has 0 bridgehead atoms. The summed E-state index contributed by atoms with van der Waals surface area (Å²) in [6.07, 6.45) is 0.972. The van der Waals surface area contributed by atoms with Gasteiger partial charge in [0.25, 0.3) is 5.91 Å². The highest BCUT2D eigenvalue weighted by atomic mass is 32.2. The number of hydrogen-bond donors (Lipinski definition) is 1. The number of benzene rings is 2. The third-order valence-electron chi connectivity index (χ3n) is 4.19. The number of para-hydroxylation sites is 1. The first-order valence-corrected chi connectivity index (χ1v) is 9.77. The summed E-state index contributed by atoms with van der Waals surface area (Å²) in [5, 5.41) is 4.77. The molecule has 0 saturated heterocycles. The number of nitrogens with one attached hydrogen (secondary N) is 1. The Balaban J connectivity index is 1.90. The van der Waals surface area contributed by atoms with Crippen LogP contribution < -0.4 is 5.32 Å². The molecule has 0 radical (unpaired) electrons. The van der Waals surface area contributed by atoms with Gasteiger partial charge in [0.05, 0.1) is 11.1 Å². The van der Waals surface area contributed by atoms with Crippen LogP contribution in [0, 0.1) is 12.8 Å². The molecule has 134 valence electrons. The number of carbonyl (C=O) groups excluding carboxylic acids is 1. The van der Waals surface area contributed by atoms with Gasteiger partial charge in [0.15, 0.2) is 0 Å². The van der Waals surface area contributed by atoms with E-state index in [-0.39, 0.29) is 5.91 Å². The van der Waals surface area contributed by atoms with Crippen LogP contribution in [0.3, 0.4) is 0 Å². The topological polar surface area (TPSA) is 42.0 Å². The Bertz CT molecular complexity index is 904. The van der Waals surface area contributed by atoms with Crippen molar-refractivity contribution >= 4 is 28.6 Å². The molecule has 3 aromatic rings. The van der Waals surface area contributed by atoms with E-state index in [2.05, 4.69) is 50.4 Å². The summed E-state index contributed by atoms with van der Waals surface area (Å²) in [5.41, 5.74) is 2.76. The number of rotatable bonds is 6. The number of hydrogen-bond acceptors (Lipinski definition) is 3. The van der Waals surface area contributed by atoms with Crippen LogP contribution in [-0.4, -0.2) is 17.4 Å². The lowest BCUT2D eigenvalue weighted by Crippen LogP contribution is -2.25. The molecule has 3 nitrogen and oxygen atoms in total. The maximum Gasteiger partial charge on any atom is 0.252 e. The Hall–Kier alpha value is -2.33. The highest BCUT2D eigenvalue weighted by molar-refractivity contribution is 7.99. The van der Waals surface area contributed by atoms with Gasteiger partial charge >= 0.3 is 0 Å². The van der Waals surface area contributed by atoms with Crippen LogP contribution in [0.2, 0.25) is 0 Å². The molecule has 0 aliphatic rings. The molecule has 0 unspecified atom stereocenters. The minimum atomic E-state index is -0.0324. The van der Waals surface area contributed by atoms with Gasteiger partial charge in [0.2, 0.25) is 0 Å². The van der Waals surface area contributed by atoms with Crippen molar-refractivity contribution in [3.8, 4) is 0 Å². The van der Waals surface area contributed by atoms with E-state index in [0.29, 0.717) is 18.0 Å². The normalized spacial score (nSPS) is 11.1. The zero-order valence-corrected chi connectivity index (χ0v) is 16.3. The molecule has 26 heavy (non-hydrogen) atoms. The predicted octanol–water partition coefficient (Wildman–Crippen LogP) is 5.47. The summed E-state index contributed by atoms with van der Waals surface area (Å²) in [7, 11) is 0. The standard InChI is InChI=1S/C22H24N2OS/c1-15(2)12-13-23-22(25)19-14-21(24-20-7-5-4-6-18(19)20)26-17-10-8-16(3)9-11-17/h4-11,14-15H,12-13H2,1-3H3,(H,23,25). The van der Waals surface area contributed by atoms with Crippen LogP contribution in [0.1, 0.15) is 36.2 Å². The largest absolute Gasteiger partial charge is 0.352 e. The van der Waals surface area contributed by atoms with E-state index < -0.39 is 0 Å². The molecule has 4 heteroatoms. The van der Waals surface area contributed by atoms with Crippen molar-refractivity contribution in [3.05, 3.63) is 65.7 Å². The van der Waals surface area contributed by atoms with Gasteiger partial charge in [-0.1, -0.05) is 61.5 Å². The number of aryl methyl sites for hydroxylation is 1. The van der Waals surface area contributed by atoms with Gasteiger partial charge < -0.3 is 5.32 Å². The second-order valence-corrected chi connectivity index (χ2v) is 7.97. The van der Waals surface area contributed by atoms with Crippen molar-refractivity contribution in [1.82, 2.24) is 10.3 Å². The number of pyridine rings is 1. The van der Waals surface area contributed by atoms with Crippen molar-refractivity contribution in [1.29, 1.82) is 0 Å². The van der Waals surface area contributed by atoms with Crippen LogP contribution in [0.15, 0.2) is 64.5 Å². The van der Waals surface area contributed by atoms with Gasteiger partial charge in [-0.05, 0) is 43.5 Å². The van der Waals surface area contributed by atoms with Crippen LogP contribution >= 0.6 is 11.8 Å². The van der Waals surface area contributed by atoms with Gasteiger partial charge in [-0.15, -0.1) is 0 Å². The molecule has 0 aliphatic heterocycles. The Morgan fingerprint density at radius 1 is 1.12 bits per heavy atom. The first-order chi connectivity index (χ1) is 12.5. The smallest absolute Gasteiger partial charge is 0.252 e. The van der Waals surface area contributed by atoms with Gasteiger partial charge in [-0.3, -0.25) is 4.79 Å². The lowest BCUT2D eigenvalue weighted by Gasteiger charge is -2.11. The Morgan fingerprint density at radius 3 is 2.58 bits per heavy atom. The fraction of sp³-hybridized carbons (Fsp3) is 0.273. The van der Waals surface area contributed by atoms with Crippen LogP contribution in [0.25, 0.3) is 10.9 Å². The van der Waals surface area contributed by atoms with E-state index in [1.165, 1.54) is 5.56 Å². The van der Waals surface area contributed by atoms with E-state index in [1.807, 2.05) is 30.3 Å². The van der Waals surface area contributed by atoms with Crippen molar-refractivity contribution in [2.45, 2.75) is 37.1 Å². The van der Waals surface area contributed by atoms with Crippen molar-refractivity contribution in [2.24, 2.45) is 5.92 Å². The highest BCUT2D eigenvalue weighted by Gasteiger charge is 2.13. The third-order valence-corrected chi connectivity index (χ3v) is 5.11. The fourth-order valence-corrected chi connectivity index (χ4v) is 3.52. The second-order valence-electron chi connectivity index (χ2n) is 6.88. The Morgan fingerprint density at radius 2 is 1.85 bits per heavy atom. The molecule has 0 aliphatic carbocycles. The van der Waals surface area contributed by atoms with Gasteiger partial charge in [0.1, 0.15) is 5.03 Å². The molecular weight excluding hydrogens is 340 g/mol. The first kappa shape index (κ1) is 18.5. The van der Waals surface area contributed by atoms with Crippen LogP contribution in [0.4, 0.5) is 0 Å². The lowest BCUT2D eigenvalue weighted by atomic mass is 10.1. The highest BCUT2D eigenvalue weighted by Crippen LogP contribution is 2.30. The fourth-order valence-electron chi connectivity index (χ4n) is 2.69. The van der Waals surface area contributed by atoms with Crippen molar-refractivity contribution < 1.29 is 4.79 Å². The number of aromatic nitrogens is 1. The summed E-state index contributed by atoms with van der Waals surface area (Å²) < 4.78 is 0. The summed E-state index contributed by atoms with van der Waals surface area (Å²) >= 11 is 1.58. The maximum absolute atomic E-state index is 12.7. The van der Waals surface area contributed by atoms with E-state index >= 15 is 0 Å². The van der Waals surface area contributed by atoms with Gasteiger partial charge in [-0.25, -0.2) is 4.98 Å². The number of amides is 1. The van der Waals surface area contributed by atoms with Gasteiger partial charge in [-0.2, -0.15) is 0 Å². The summed E-state index contributed by atoms with van der Waals surface area (Å²) in [4.78, 5) is 18.6. The zero-order chi connectivity index (χ0) is 18.5. The molecule has 3 rings (SSSR count). The molecule has 2 aromatic carbocycles. The van der Waals surface area contributed by atoms with Crippen LogP contribution in [-0.2, 0) is 0 Å². The number of carbonyl (C=O) groups is 1. The molecule has 0 spiro atoms.